The first kappa shape index (κ1) is 13.9. The first-order valence-electron chi connectivity index (χ1n) is 8.74. The molecule has 2 nitrogen and oxygen atoms in total. The molecule has 2 heterocycles. The van der Waals surface area contributed by atoms with Crippen LogP contribution < -0.4 is 4.90 Å². The van der Waals surface area contributed by atoms with Gasteiger partial charge in [0.05, 0.1) is 19.1 Å². The average molecular weight is 265 g/mol. The fourth-order valence-electron chi connectivity index (χ4n) is 4.93. The molecular weight excluding hydrogens is 232 g/mol. The smallest absolute Gasteiger partial charge is 0.144 e. The van der Waals surface area contributed by atoms with Gasteiger partial charge in [-0.05, 0) is 31.6 Å². The van der Waals surface area contributed by atoms with Gasteiger partial charge in [0, 0.05) is 18.9 Å². The highest BCUT2D eigenvalue weighted by molar-refractivity contribution is 4.81. The number of nitrogens with zero attached hydrogens (tertiary/aromatic N) is 1. The normalized spacial score (nSPS) is 48.2. The number of hydrogen-bond donors (Lipinski definition) is 1. The summed E-state index contributed by atoms with van der Waals surface area (Å²) in [6.07, 6.45) is 9.68. The maximum atomic E-state index is 2.80. The Hall–Kier alpha value is -0.0800. The molecule has 6 atom stereocenters. The van der Waals surface area contributed by atoms with E-state index in [4.69, 9.17) is 0 Å². The predicted molar refractivity (Wildman–Crippen MR) is 80.2 cm³/mol. The summed E-state index contributed by atoms with van der Waals surface area (Å²) >= 11 is 0. The lowest BCUT2D eigenvalue weighted by molar-refractivity contribution is -0.944. The fourth-order valence-corrected chi connectivity index (χ4v) is 4.93. The van der Waals surface area contributed by atoms with Crippen LogP contribution in [0.2, 0.25) is 0 Å². The van der Waals surface area contributed by atoms with E-state index >= 15 is 0 Å². The van der Waals surface area contributed by atoms with E-state index in [0.717, 1.165) is 30.0 Å². The van der Waals surface area contributed by atoms with Gasteiger partial charge < -0.3 is 4.90 Å². The van der Waals surface area contributed by atoms with Crippen molar-refractivity contribution in [2.75, 3.05) is 19.6 Å². The standard InChI is InChI=1S/C17H32N2/c1-13-8-9-18-11-15(3)19(17(18)10-13)12-16-7-5-4-6-14(16)2/h13-17H,4-12H2,1-3H3/p+1. The third kappa shape index (κ3) is 2.85. The van der Waals surface area contributed by atoms with Crippen molar-refractivity contribution in [3.63, 3.8) is 0 Å². The average Bonchev–Trinajstić information content (AvgIpc) is 2.69. The third-order valence-electron chi connectivity index (χ3n) is 6.33. The molecule has 6 unspecified atom stereocenters. The van der Waals surface area contributed by atoms with E-state index in [9.17, 15) is 0 Å². The van der Waals surface area contributed by atoms with Crippen LogP contribution in [0.4, 0.5) is 0 Å². The van der Waals surface area contributed by atoms with E-state index in [2.05, 4.69) is 25.7 Å². The van der Waals surface area contributed by atoms with E-state index in [1.807, 2.05) is 4.90 Å². The summed E-state index contributed by atoms with van der Waals surface area (Å²) in [5.74, 6) is 2.93. The summed E-state index contributed by atoms with van der Waals surface area (Å²) in [5, 5.41) is 0. The minimum Gasteiger partial charge on any atom is -0.316 e. The van der Waals surface area contributed by atoms with Crippen LogP contribution in [-0.4, -0.2) is 36.7 Å². The first-order valence-corrected chi connectivity index (χ1v) is 8.74. The minimum absolute atomic E-state index is 0.855. The molecule has 1 N–H and O–H groups in total. The van der Waals surface area contributed by atoms with Gasteiger partial charge >= 0.3 is 0 Å². The number of hydrogen-bond acceptors (Lipinski definition) is 1. The molecular formula is C17H33N2+. The van der Waals surface area contributed by atoms with Gasteiger partial charge in [-0.2, -0.15) is 0 Å². The lowest BCUT2D eigenvalue weighted by Crippen LogP contribution is -3.18. The zero-order valence-electron chi connectivity index (χ0n) is 13.2. The summed E-state index contributed by atoms with van der Waals surface area (Å²) in [6, 6.07) is 0.865. The quantitative estimate of drug-likeness (QED) is 0.804. The molecule has 110 valence electrons. The van der Waals surface area contributed by atoms with Gasteiger partial charge in [0.2, 0.25) is 0 Å². The minimum atomic E-state index is 0.855. The lowest BCUT2D eigenvalue weighted by atomic mass is 9.80. The van der Waals surface area contributed by atoms with Crippen LogP contribution in [0.1, 0.15) is 59.3 Å². The fraction of sp³-hybridized carbons (Fsp3) is 1.00. The third-order valence-corrected chi connectivity index (χ3v) is 6.33. The van der Waals surface area contributed by atoms with E-state index in [1.54, 1.807) is 0 Å². The summed E-state index contributed by atoms with van der Waals surface area (Å²) in [6.45, 7) is 11.6. The van der Waals surface area contributed by atoms with Crippen LogP contribution in [0.15, 0.2) is 0 Å². The van der Waals surface area contributed by atoms with E-state index < -0.39 is 0 Å². The Labute approximate surface area is 119 Å². The van der Waals surface area contributed by atoms with E-state index in [-0.39, 0.29) is 0 Å². The largest absolute Gasteiger partial charge is 0.316 e. The Morgan fingerprint density at radius 3 is 2.63 bits per heavy atom. The molecule has 3 rings (SSSR count). The molecule has 0 spiro atoms. The van der Waals surface area contributed by atoms with Crippen molar-refractivity contribution in [1.29, 1.82) is 0 Å². The number of nitrogens with one attached hydrogen (secondary N) is 1. The van der Waals surface area contributed by atoms with Crippen molar-refractivity contribution < 1.29 is 4.90 Å². The highest BCUT2D eigenvalue weighted by Gasteiger charge is 2.44. The molecule has 2 saturated heterocycles. The van der Waals surface area contributed by atoms with Gasteiger partial charge in [-0.3, -0.25) is 0 Å². The summed E-state index contributed by atoms with van der Waals surface area (Å²) in [7, 11) is 0. The SMILES string of the molecule is CC1CCN2CC(C)[NH+](CC3CCCCC3C)C2C1. The molecule has 0 amide bonds. The monoisotopic (exact) mass is 265 g/mol. The number of quaternary nitrogens is 1. The second-order valence-corrected chi connectivity index (χ2v) is 7.84. The van der Waals surface area contributed by atoms with Crippen LogP contribution in [0.3, 0.4) is 0 Å². The number of fused-ring (bicyclic) bond motifs is 1. The highest BCUT2D eigenvalue weighted by Crippen LogP contribution is 2.29. The van der Waals surface area contributed by atoms with Crippen molar-refractivity contribution in [2.24, 2.45) is 17.8 Å². The summed E-state index contributed by atoms with van der Waals surface area (Å²) in [5.41, 5.74) is 0. The van der Waals surface area contributed by atoms with Crippen LogP contribution in [0, 0.1) is 17.8 Å². The van der Waals surface area contributed by atoms with Crippen LogP contribution in [0.5, 0.6) is 0 Å². The predicted octanol–water partition coefficient (Wildman–Crippen LogP) is 2.16. The first-order chi connectivity index (χ1) is 9.15. The van der Waals surface area contributed by atoms with Crippen molar-refractivity contribution in [3.05, 3.63) is 0 Å². The van der Waals surface area contributed by atoms with Gasteiger partial charge in [0.15, 0.2) is 0 Å². The zero-order chi connectivity index (χ0) is 13.4. The Morgan fingerprint density at radius 2 is 1.84 bits per heavy atom. The van der Waals surface area contributed by atoms with Gasteiger partial charge in [-0.25, -0.2) is 4.90 Å². The van der Waals surface area contributed by atoms with Gasteiger partial charge in [-0.1, -0.05) is 33.1 Å². The summed E-state index contributed by atoms with van der Waals surface area (Å²) < 4.78 is 0. The van der Waals surface area contributed by atoms with E-state index in [1.165, 1.54) is 58.2 Å². The van der Waals surface area contributed by atoms with Crippen LogP contribution in [-0.2, 0) is 0 Å². The molecule has 1 aliphatic carbocycles. The lowest BCUT2D eigenvalue weighted by Gasteiger charge is -2.38. The molecule has 1 saturated carbocycles. The molecule has 19 heavy (non-hydrogen) atoms. The maximum absolute atomic E-state index is 2.80. The number of rotatable bonds is 2. The Balaban J connectivity index is 1.65. The van der Waals surface area contributed by atoms with Gasteiger partial charge in [0.1, 0.15) is 6.17 Å². The van der Waals surface area contributed by atoms with E-state index in [0.29, 0.717) is 0 Å². The van der Waals surface area contributed by atoms with Gasteiger partial charge in [-0.15, -0.1) is 0 Å². The summed E-state index contributed by atoms with van der Waals surface area (Å²) in [4.78, 5) is 4.73. The maximum Gasteiger partial charge on any atom is 0.144 e. The number of piperidine rings is 1. The Kier molecular flexibility index (Phi) is 4.19. The van der Waals surface area contributed by atoms with Crippen LogP contribution in [0.25, 0.3) is 0 Å². The Morgan fingerprint density at radius 1 is 1.05 bits per heavy atom. The van der Waals surface area contributed by atoms with Crippen LogP contribution >= 0.6 is 0 Å². The molecule has 2 aliphatic heterocycles. The highest BCUT2D eigenvalue weighted by atomic mass is 15.4. The molecule has 0 aromatic carbocycles. The van der Waals surface area contributed by atoms with Crippen molar-refractivity contribution in [1.82, 2.24) is 4.90 Å². The molecule has 0 bridgehead atoms. The van der Waals surface area contributed by atoms with Crippen molar-refractivity contribution in [3.8, 4) is 0 Å². The zero-order valence-corrected chi connectivity index (χ0v) is 13.2. The molecule has 0 aromatic heterocycles. The van der Waals surface area contributed by atoms with Gasteiger partial charge in [0.25, 0.3) is 0 Å². The van der Waals surface area contributed by atoms with Crippen molar-refractivity contribution >= 4 is 0 Å². The Bertz CT molecular complexity index is 304. The molecule has 3 fully saturated rings. The molecule has 0 aromatic rings. The molecule has 3 aliphatic rings. The second-order valence-electron chi connectivity index (χ2n) is 7.84. The second kappa shape index (κ2) is 5.73. The topological polar surface area (TPSA) is 7.68 Å². The molecule has 2 heteroatoms. The molecule has 0 radical (unpaired) electrons. The van der Waals surface area contributed by atoms with Crippen molar-refractivity contribution in [2.45, 2.75) is 71.5 Å².